The molecule has 1 aromatic rings. The van der Waals surface area contributed by atoms with Gasteiger partial charge in [-0.05, 0) is 24.6 Å². The average Bonchev–Trinajstić information content (AvgIpc) is 2.36. The van der Waals surface area contributed by atoms with Crippen molar-refractivity contribution in [1.82, 2.24) is 5.32 Å². The Bertz CT molecular complexity index is 545. The first-order valence-electron chi connectivity index (χ1n) is 6.11. The number of carbonyl (C=O) groups excluding carboxylic acids is 1. The lowest BCUT2D eigenvalue weighted by Gasteiger charge is -2.17. The zero-order valence-corrected chi connectivity index (χ0v) is 11.9. The number of nitrogens with one attached hydrogen (secondary N) is 1. The molecule has 0 aliphatic carbocycles. The van der Waals surface area contributed by atoms with Crippen molar-refractivity contribution in [2.24, 2.45) is 5.73 Å². The fourth-order valence-corrected chi connectivity index (χ4v) is 1.88. The van der Waals surface area contributed by atoms with Gasteiger partial charge in [0.25, 0.3) is 5.91 Å². The number of thiocarbonyl (C=S) groups is 1. The first kappa shape index (κ1) is 17.4. The maximum Gasteiger partial charge on any atom is 0.416 e. The van der Waals surface area contributed by atoms with Crippen molar-refractivity contribution in [2.45, 2.75) is 32.0 Å². The van der Waals surface area contributed by atoms with Gasteiger partial charge in [-0.3, -0.25) is 4.79 Å². The fourth-order valence-electron chi connectivity index (χ4n) is 1.68. The van der Waals surface area contributed by atoms with E-state index >= 15 is 0 Å². The number of rotatable bonds is 5. The van der Waals surface area contributed by atoms with E-state index in [1.165, 1.54) is 0 Å². The molecule has 8 heteroatoms. The summed E-state index contributed by atoms with van der Waals surface area (Å²) >= 11 is 4.71. The van der Waals surface area contributed by atoms with Crippen LogP contribution in [0.2, 0.25) is 0 Å². The van der Waals surface area contributed by atoms with Crippen molar-refractivity contribution in [2.75, 3.05) is 0 Å². The molecule has 1 aromatic carbocycles. The fraction of sp³-hybridized carbons (Fsp3) is 0.385. The molecular weight excluding hydrogens is 308 g/mol. The van der Waals surface area contributed by atoms with Crippen LogP contribution >= 0.6 is 12.2 Å². The van der Waals surface area contributed by atoms with Crippen LogP contribution in [0, 0.1) is 5.82 Å². The highest BCUT2D eigenvalue weighted by molar-refractivity contribution is 7.80. The predicted molar refractivity (Wildman–Crippen MR) is 74.3 cm³/mol. The van der Waals surface area contributed by atoms with E-state index in [0.29, 0.717) is 24.6 Å². The highest BCUT2D eigenvalue weighted by Gasteiger charge is 2.32. The summed E-state index contributed by atoms with van der Waals surface area (Å²) in [5.41, 5.74) is 3.60. The molecule has 21 heavy (non-hydrogen) atoms. The Hall–Kier alpha value is -1.70. The average molecular weight is 322 g/mol. The topological polar surface area (TPSA) is 55.1 Å². The molecule has 0 bridgehead atoms. The second-order valence-corrected chi connectivity index (χ2v) is 4.97. The monoisotopic (exact) mass is 322 g/mol. The molecule has 3 N–H and O–H groups in total. The Kier molecular flexibility index (Phi) is 5.65. The van der Waals surface area contributed by atoms with Crippen LogP contribution in [0.1, 0.15) is 35.7 Å². The number of nitrogens with two attached hydrogens (primary N) is 1. The quantitative estimate of drug-likeness (QED) is 0.647. The second kappa shape index (κ2) is 6.84. The van der Waals surface area contributed by atoms with Crippen LogP contribution in [0.15, 0.2) is 18.2 Å². The Morgan fingerprint density at radius 3 is 2.52 bits per heavy atom. The molecule has 0 aliphatic heterocycles. The van der Waals surface area contributed by atoms with Crippen molar-refractivity contribution < 1.29 is 22.4 Å². The zero-order chi connectivity index (χ0) is 16.2. The van der Waals surface area contributed by atoms with Crippen LogP contribution < -0.4 is 11.1 Å². The van der Waals surface area contributed by atoms with Crippen LogP contribution in [-0.2, 0) is 6.18 Å². The Balaban J connectivity index is 2.98. The lowest BCUT2D eigenvalue weighted by atomic mass is 10.1. The Labute approximate surface area is 124 Å². The Morgan fingerprint density at radius 2 is 2.05 bits per heavy atom. The summed E-state index contributed by atoms with van der Waals surface area (Å²) < 4.78 is 51.3. The highest BCUT2D eigenvalue weighted by Crippen LogP contribution is 2.30. The smallest absolute Gasteiger partial charge is 0.393 e. The van der Waals surface area contributed by atoms with Gasteiger partial charge >= 0.3 is 6.18 Å². The molecule has 0 saturated carbocycles. The van der Waals surface area contributed by atoms with Gasteiger partial charge in [0.1, 0.15) is 5.82 Å². The first-order chi connectivity index (χ1) is 9.65. The van der Waals surface area contributed by atoms with E-state index in [9.17, 15) is 22.4 Å². The van der Waals surface area contributed by atoms with Crippen LogP contribution in [0.3, 0.4) is 0 Å². The molecule has 3 nitrogen and oxygen atoms in total. The highest BCUT2D eigenvalue weighted by atomic mass is 32.1. The first-order valence-corrected chi connectivity index (χ1v) is 6.51. The molecule has 1 unspecified atom stereocenters. The number of hydrogen-bond acceptors (Lipinski definition) is 2. The number of alkyl halides is 3. The predicted octanol–water partition coefficient (Wildman–Crippen LogP) is 3.03. The van der Waals surface area contributed by atoms with Gasteiger partial charge in [0, 0.05) is 12.5 Å². The van der Waals surface area contributed by atoms with Gasteiger partial charge in [0.2, 0.25) is 0 Å². The molecule has 116 valence electrons. The SMILES string of the molecule is CCC(CC(N)=S)NC(=O)c1cc(C(F)(F)F)ccc1F. The van der Waals surface area contributed by atoms with E-state index < -0.39 is 35.1 Å². The van der Waals surface area contributed by atoms with E-state index in [1.54, 1.807) is 6.92 Å². The molecule has 1 rings (SSSR count). The summed E-state index contributed by atoms with van der Waals surface area (Å²) in [6, 6.07) is 1.23. The van der Waals surface area contributed by atoms with Gasteiger partial charge in [-0.25, -0.2) is 4.39 Å². The lowest BCUT2D eigenvalue weighted by molar-refractivity contribution is -0.137. The second-order valence-electron chi connectivity index (χ2n) is 4.44. The van der Waals surface area contributed by atoms with Crippen molar-refractivity contribution in [3.05, 3.63) is 35.1 Å². The largest absolute Gasteiger partial charge is 0.416 e. The molecule has 1 amide bonds. The number of halogens is 4. The minimum atomic E-state index is -4.65. The van der Waals surface area contributed by atoms with E-state index in [1.807, 2.05) is 0 Å². The summed E-state index contributed by atoms with van der Waals surface area (Å²) in [6.45, 7) is 1.74. The van der Waals surface area contributed by atoms with Gasteiger partial charge in [-0.1, -0.05) is 19.1 Å². The van der Waals surface area contributed by atoms with Gasteiger partial charge in [0.05, 0.1) is 16.1 Å². The molecule has 0 spiro atoms. The van der Waals surface area contributed by atoms with Crippen molar-refractivity contribution >= 4 is 23.1 Å². The van der Waals surface area contributed by atoms with Gasteiger partial charge in [-0.15, -0.1) is 0 Å². The maximum absolute atomic E-state index is 13.5. The third kappa shape index (κ3) is 4.96. The van der Waals surface area contributed by atoms with Gasteiger partial charge in [0.15, 0.2) is 0 Å². The molecule has 0 aromatic heterocycles. The van der Waals surface area contributed by atoms with Crippen molar-refractivity contribution in [3.8, 4) is 0 Å². The van der Waals surface area contributed by atoms with E-state index in [0.717, 1.165) is 0 Å². The third-order valence-electron chi connectivity index (χ3n) is 2.81. The van der Waals surface area contributed by atoms with Crippen LogP contribution in [0.4, 0.5) is 17.6 Å². The van der Waals surface area contributed by atoms with Crippen LogP contribution in [-0.4, -0.2) is 16.9 Å². The van der Waals surface area contributed by atoms with Gasteiger partial charge < -0.3 is 11.1 Å². The number of amides is 1. The van der Waals surface area contributed by atoms with Crippen LogP contribution in [0.25, 0.3) is 0 Å². The van der Waals surface area contributed by atoms with Gasteiger partial charge in [-0.2, -0.15) is 13.2 Å². The number of hydrogen-bond donors (Lipinski definition) is 2. The van der Waals surface area contributed by atoms with E-state index in [4.69, 9.17) is 18.0 Å². The summed E-state index contributed by atoms with van der Waals surface area (Å²) in [4.78, 5) is 12.1. The molecule has 0 fully saturated rings. The zero-order valence-electron chi connectivity index (χ0n) is 11.1. The summed E-state index contributed by atoms with van der Waals surface area (Å²) in [7, 11) is 0. The van der Waals surface area contributed by atoms with Crippen LogP contribution in [0.5, 0.6) is 0 Å². The number of carbonyl (C=O) groups is 1. The summed E-state index contributed by atoms with van der Waals surface area (Å²) in [5, 5.41) is 2.42. The normalized spacial score (nSPS) is 12.8. The molecular formula is C13H14F4N2OS. The van der Waals surface area contributed by atoms with E-state index in [2.05, 4.69) is 5.32 Å². The van der Waals surface area contributed by atoms with Crippen molar-refractivity contribution in [3.63, 3.8) is 0 Å². The Morgan fingerprint density at radius 1 is 1.43 bits per heavy atom. The van der Waals surface area contributed by atoms with Crippen molar-refractivity contribution in [1.29, 1.82) is 0 Å². The molecule has 0 aliphatic rings. The lowest BCUT2D eigenvalue weighted by Crippen LogP contribution is -2.37. The molecule has 0 saturated heterocycles. The molecule has 1 atom stereocenters. The third-order valence-corrected chi connectivity index (χ3v) is 2.98. The minimum absolute atomic E-state index is 0.159. The summed E-state index contributed by atoms with van der Waals surface area (Å²) in [5.74, 6) is -1.95. The number of benzene rings is 1. The van der Waals surface area contributed by atoms with E-state index in [-0.39, 0.29) is 11.4 Å². The minimum Gasteiger partial charge on any atom is -0.393 e. The summed E-state index contributed by atoms with van der Waals surface area (Å²) in [6.07, 6.45) is -3.99. The molecule has 0 radical (unpaired) electrons. The maximum atomic E-state index is 13.5. The standard InChI is InChI=1S/C13H14F4N2OS/c1-2-8(6-11(18)21)19-12(20)9-5-7(13(15,16)17)3-4-10(9)14/h3-5,8H,2,6H2,1H3,(H2,18,21)(H,19,20). The molecule has 0 heterocycles.